The van der Waals surface area contributed by atoms with E-state index in [2.05, 4.69) is 10.6 Å². The van der Waals surface area contributed by atoms with Crippen molar-refractivity contribution in [1.29, 1.82) is 0 Å². The van der Waals surface area contributed by atoms with Crippen molar-refractivity contribution >= 4 is 29.2 Å². The van der Waals surface area contributed by atoms with Crippen molar-refractivity contribution < 1.29 is 33.7 Å². The molecule has 0 radical (unpaired) electrons. The Morgan fingerprint density at radius 2 is 1.77 bits per heavy atom. The summed E-state index contributed by atoms with van der Waals surface area (Å²) in [6, 6.07) is 11.4. The minimum Gasteiger partial charge on any atom is -0.497 e. The zero-order valence-electron chi connectivity index (χ0n) is 29.7. The Hall–Kier alpha value is -3.87. The molecule has 0 fully saturated rings. The van der Waals surface area contributed by atoms with E-state index in [9.17, 15) is 19.5 Å². The van der Waals surface area contributed by atoms with Crippen molar-refractivity contribution in [1.82, 2.24) is 14.7 Å². The molecular weight excluding hydrogens is 614 g/mol. The number of benzene rings is 2. The van der Waals surface area contributed by atoms with E-state index >= 15 is 0 Å². The molecule has 1 aliphatic rings. The fourth-order valence-electron chi connectivity index (χ4n) is 5.49. The minimum absolute atomic E-state index is 0.131. The lowest BCUT2D eigenvalue weighted by Crippen LogP contribution is -2.48. The molecule has 0 aliphatic carbocycles. The molecule has 0 saturated carbocycles. The number of carbonyl (C=O) groups excluding carboxylic acids is 3. The quantitative estimate of drug-likeness (QED) is 0.307. The Balaban J connectivity index is 1.85. The highest BCUT2D eigenvalue weighted by Crippen LogP contribution is 2.29. The van der Waals surface area contributed by atoms with Crippen LogP contribution in [0.4, 0.5) is 16.2 Å². The highest BCUT2D eigenvalue weighted by Gasteiger charge is 2.31. The number of ether oxygens (including phenoxy) is 3. The third kappa shape index (κ3) is 12.0. The molecule has 266 valence electrons. The van der Waals surface area contributed by atoms with Crippen LogP contribution in [-0.2, 0) is 9.53 Å². The van der Waals surface area contributed by atoms with Gasteiger partial charge in [-0.3, -0.25) is 9.59 Å². The first-order chi connectivity index (χ1) is 22.9. The number of anilines is 2. The van der Waals surface area contributed by atoms with Gasteiger partial charge in [0.2, 0.25) is 5.91 Å². The largest absolute Gasteiger partial charge is 0.497 e. The first kappa shape index (κ1) is 38.6. The maximum Gasteiger partial charge on any atom is 0.321 e. The van der Waals surface area contributed by atoms with Crippen molar-refractivity contribution in [3.63, 3.8) is 0 Å². The molecule has 1 heterocycles. The molecular formula is C36H55N5O7. The van der Waals surface area contributed by atoms with E-state index in [4.69, 9.17) is 14.2 Å². The lowest BCUT2D eigenvalue weighted by Gasteiger charge is -2.35. The van der Waals surface area contributed by atoms with Gasteiger partial charge in [-0.15, -0.1) is 0 Å². The second-order valence-electron chi connectivity index (χ2n) is 13.0. The molecule has 0 saturated heterocycles. The smallest absolute Gasteiger partial charge is 0.321 e. The highest BCUT2D eigenvalue weighted by atomic mass is 16.5. The van der Waals surface area contributed by atoms with Gasteiger partial charge in [0.25, 0.3) is 5.91 Å². The summed E-state index contributed by atoms with van der Waals surface area (Å²) < 4.78 is 17.9. The topological polar surface area (TPSA) is 133 Å². The van der Waals surface area contributed by atoms with Gasteiger partial charge in [0.15, 0.2) is 0 Å². The molecule has 3 rings (SSSR count). The molecule has 0 spiro atoms. The summed E-state index contributed by atoms with van der Waals surface area (Å²) in [6.45, 7) is 7.33. The van der Waals surface area contributed by atoms with E-state index in [1.54, 1.807) is 73.3 Å². The van der Waals surface area contributed by atoms with Crippen molar-refractivity contribution in [3.05, 3.63) is 48.0 Å². The van der Waals surface area contributed by atoms with Crippen LogP contribution in [0.5, 0.6) is 11.5 Å². The van der Waals surface area contributed by atoms with Gasteiger partial charge in [0, 0.05) is 50.5 Å². The Morgan fingerprint density at radius 3 is 2.44 bits per heavy atom. The van der Waals surface area contributed by atoms with Crippen LogP contribution in [-0.4, -0.2) is 117 Å². The zero-order valence-corrected chi connectivity index (χ0v) is 29.7. The fourth-order valence-corrected chi connectivity index (χ4v) is 5.49. The van der Waals surface area contributed by atoms with Crippen LogP contribution in [0.2, 0.25) is 0 Å². The SMILES string of the molecule is COc1ccc(NC(=O)N(C)C[C@@H]2OCCCC[C@@H](C)Oc3ccc(NC(=O)CCCN(C)C)cc3C(=O)N([C@@H](C)CO)C[C@H]2C)cc1. The summed E-state index contributed by atoms with van der Waals surface area (Å²) in [4.78, 5) is 45.4. The Morgan fingerprint density at radius 1 is 1.06 bits per heavy atom. The summed E-state index contributed by atoms with van der Waals surface area (Å²) in [5.74, 6) is 0.467. The predicted octanol–water partition coefficient (Wildman–Crippen LogP) is 4.93. The van der Waals surface area contributed by atoms with Crippen LogP contribution in [0.1, 0.15) is 63.2 Å². The van der Waals surface area contributed by atoms with Gasteiger partial charge in [-0.2, -0.15) is 0 Å². The predicted molar refractivity (Wildman–Crippen MR) is 188 cm³/mol. The van der Waals surface area contributed by atoms with Gasteiger partial charge >= 0.3 is 6.03 Å². The van der Waals surface area contributed by atoms with Crippen LogP contribution in [0.25, 0.3) is 0 Å². The molecule has 4 atom stereocenters. The van der Waals surface area contributed by atoms with Crippen LogP contribution in [0.15, 0.2) is 42.5 Å². The fraction of sp³-hybridized carbons (Fsp3) is 0.583. The Kier molecular flexibility index (Phi) is 15.4. The van der Waals surface area contributed by atoms with Gasteiger partial charge in [-0.05, 0) is 103 Å². The second-order valence-corrected chi connectivity index (χ2v) is 13.0. The third-order valence-corrected chi connectivity index (χ3v) is 8.49. The third-order valence-electron chi connectivity index (χ3n) is 8.49. The summed E-state index contributed by atoms with van der Waals surface area (Å²) in [7, 11) is 7.23. The number of hydrogen-bond acceptors (Lipinski definition) is 8. The number of urea groups is 1. The Bertz CT molecular complexity index is 1320. The van der Waals surface area contributed by atoms with E-state index in [0.29, 0.717) is 54.4 Å². The molecule has 48 heavy (non-hydrogen) atoms. The second kappa shape index (κ2) is 19.2. The van der Waals surface area contributed by atoms with E-state index in [-0.39, 0.29) is 49.1 Å². The number of hydrogen-bond donors (Lipinski definition) is 3. The van der Waals surface area contributed by atoms with Crippen molar-refractivity contribution in [3.8, 4) is 11.5 Å². The number of likely N-dealkylation sites (N-methyl/N-ethyl adjacent to an activating group) is 1. The first-order valence-electron chi connectivity index (χ1n) is 16.9. The summed E-state index contributed by atoms with van der Waals surface area (Å²) >= 11 is 0. The molecule has 12 nitrogen and oxygen atoms in total. The Labute approximate surface area is 285 Å². The number of fused-ring (bicyclic) bond motifs is 1. The molecule has 12 heteroatoms. The van der Waals surface area contributed by atoms with Crippen LogP contribution in [0.3, 0.4) is 0 Å². The molecule has 2 aromatic rings. The van der Waals surface area contributed by atoms with E-state index in [1.165, 1.54) is 0 Å². The number of nitrogens with one attached hydrogen (secondary N) is 2. The van der Waals surface area contributed by atoms with Crippen molar-refractivity contribution in [2.75, 3.05) is 71.7 Å². The van der Waals surface area contributed by atoms with Crippen LogP contribution >= 0.6 is 0 Å². The normalized spacial score (nSPS) is 19.8. The molecule has 4 amide bonds. The van der Waals surface area contributed by atoms with Crippen molar-refractivity contribution in [2.45, 2.75) is 71.1 Å². The number of carbonyl (C=O) groups is 3. The number of aliphatic hydroxyl groups excluding tert-OH is 1. The monoisotopic (exact) mass is 669 g/mol. The van der Waals surface area contributed by atoms with Gasteiger partial charge in [0.1, 0.15) is 11.5 Å². The van der Waals surface area contributed by atoms with E-state index < -0.39 is 6.04 Å². The van der Waals surface area contributed by atoms with Crippen molar-refractivity contribution in [2.24, 2.45) is 5.92 Å². The van der Waals surface area contributed by atoms with Crippen LogP contribution < -0.4 is 20.1 Å². The summed E-state index contributed by atoms with van der Waals surface area (Å²) in [5.41, 5.74) is 1.45. The molecule has 0 unspecified atom stereocenters. The minimum atomic E-state index is -0.515. The molecule has 2 aromatic carbocycles. The summed E-state index contributed by atoms with van der Waals surface area (Å²) in [5, 5.41) is 16.1. The average Bonchev–Trinajstić information content (AvgIpc) is 3.06. The van der Waals surface area contributed by atoms with Crippen LogP contribution in [0, 0.1) is 5.92 Å². The first-order valence-corrected chi connectivity index (χ1v) is 16.9. The lowest BCUT2D eigenvalue weighted by atomic mass is 10.0. The average molecular weight is 670 g/mol. The molecule has 1 aliphatic heterocycles. The molecule has 0 bridgehead atoms. The standard InChI is InChI=1S/C36H55N5O7/c1-25-22-41(26(2)24-42)35(44)31-21-29(37-34(43)12-10-19-39(4)5)15-18-32(31)48-27(3)11-8-9-20-47-33(25)23-40(6)36(45)38-28-13-16-30(46-7)17-14-28/h13-18,21,25-27,33,42H,8-12,19-20,22-24H2,1-7H3,(H,37,43)(H,38,45)/t25-,26+,27-,33+/m1/s1. The maximum atomic E-state index is 14.3. The lowest BCUT2D eigenvalue weighted by molar-refractivity contribution is -0.116. The molecule has 0 aromatic heterocycles. The molecule has 3 N–H and O–H groups in total. The van der Waals surface area contributed by atoms with E-state index in [1.807, 2.05) is 32.8 Å². The number of methoxy groups -OCH3 is 1. The summed E-state index contributed by atoms with van der Waals surface area (Å²) in [6.07, 6.45) is 2.93. The number of amides is 4. The van der Waals surface area contributed by atoms with Gasteiger partial charge < -0.3 is 44.7 Å². The van der Waals surface area contributed by atoms with Gasteiger partial charge in [0.05, 0.1) is 37.5 Å². The number of nitrogens with zero attached hydrogens (tertiary/aromatic N) is 3. The van der Waals surface area contributed by atoms with Gasteiger partial charge in [-0.1, -0.05) is 6.92 Å². The number of rotatable bonds is 11. The maximum absolute atomic E-state index is 14.3. The number of aliphatic hydroxyl groups is 1. The van der Waals surface area contributed by atoms with Gasteiger partial charge in [-0.25, -0.2) is 4.79 Å². The van der Waals surface area contributed by atoms with E-state index in [0.717, 1.165) is 25.8 Å². The zero-order chi connectivity index (χ0) is 35.2. The highest BCUT2D eigenvalue weighted by molar-refractivity contribution is 5.99.